The fourth-order valence-corrected chi connectivity index (χ4v) is 16.7. The van der Waals surface area contributed by atoms with Crippen LogP contribution >= 0.6 is 11.3 Å². The van der Waals surface area contributed by atoms with E-state index in [9.17, 15) is 4.11 Å². The fraction of sp³-hybridized carbons (Fsp3) is 0.457. The zero-order valence-corrected chi connectivity index (χ0v) is 49.0. The Morgan fingerprint density at radius 1 is 0.520 bits per heavy atom. The van der Waals surface area contributed by atoms with Gasteiger partial charge in [0.1, 0.15) is 0 Å². The first-order chi connectivity index (χ1) is 36.5. The molecule has 0 amide bonds. The summed E-state index contributed by atoms with van der Waals surface area (Å²) in [5.74, 6) is 0. The lowest BCUT2D eigenvalue weighted by Crippen LogP contribution is -2.64. The molecule has 3 nitrogen and oxygen atoms in total. The summed E-state index contributed by atoms with van der Waals surface area (Å²) in [5.41, 5.74) is 18.8. The third-order valence-electron chi connectivity index (χ3n) is 20.4. The third kappa shape index (κ3) is 6.70. The highest BCUT2D eigenvalue weighted by molar-refractivity contribution is 7.26. The number of fused-ring (bicyclic) bond motifs is 12. The molecular weight excluding hydrogens is 926 g/mol. The van der Waals surface area contributed by atoms with Crippen LogP contribution in [0.1, 0.15) is 200 Å². The maximum absolute atomic E-state index is 10.3. The summed E-state index contributed by atoms with van der Waals surface area (Å²) in [6.07, 6.45) is 8.61. The van der Waals surface area contributed by atoms with Crippen molar-refractivity contribution in [3.8, 4) is 11.1 Å². The maximum Gasteiger partial charge on any atom is 0.254 e. The Morgan fingerprint density at radius 3 is 1.76 bits per heavy atom. The van der Waals surface area contributed by atoms with E-state index in [0.29, 0.717) is 11.6 Å². The second kappa shape index (κ2) is 15.7. The molecule has 0 N–H and O–H groups in total. The zero-order valence-electron chi connectivity index (χ0n) is 51.1. The summed E-state index contributed by atoms with van der Waals surface area (Å²) in [6, 6.07) is 37.0. The molecule has 5 heteroatoms. The summed E-state index contributed by atoms with van der Waals surface area (Å²) >= 11 is 1.94. The van der Waals surface area contributed by atoms with Gasteiger partial charge in [-0.3, -0.25) is 0 Å². The van der Waals surface area contributed by atoms with E-state index in [0.717, 1.165) is 61.2 Å². The van der Waals surface area contributed by atoms with Crippen LogP contribution in [-0.2, 0) is 32.5 Å². The van der Waals surface area contributed by atoms with Crippen molar-refractivity contribution in [3.63, 3.8) is 0 Å². The Balaban J connectivity index is 1.23. The van der Waals surface area contributed by atoms with Gasteiger partial charge in [-0.25, -0.2) is 0 Å². The zero-order chi connectivity index (χ0) is 55.6. The molecule has 386 valence electrons. The molecule has 0 spiro atoms. The third-order valence-corrected chi connectivity index (χ3v) is 21.6. The summed E-state index contributed by atoms with van der Waals surface area (Å²) in [4.78, 5) is 8.12. The summed E-state index contributed by atoms with van der Waals surface area (Å²) in [6.45, 7) is 37.6. The van der Waals surface area contributed by atoms with Crippen molar-refractivity contribution < 1.29 is 4.11 Å². The van der Waals surface area contributed by atoms with Crippen molar-refractivity contribution in [3.05, 3.63) is 143 Å². The highest BCUT2D eigenvalue weighted by atomic mass is 32.1. The quantitative estimate of drug-likeness (QED) is 0.163. The van der Waals surface area contributed by atoms with E-state index in [2.05, 4.69) is 216 Å². The number of hydrogen-bond donors (Lipinski definition) is 0. The second-order valence-corrected chi connectivity index (χ2v) is 30.1. The number of nitrogens with zero attached hydrogens (tertiary/aromatic N) is 3. The predicted octanol–water partition coefficient (Wildman–Crippen LogP) is 17.9. The number of rotatable bonds is 3. The molecular formula is C70H82BN3S. The molecule has 75 heavy (non-hydrogen) atoms. The maximum atomic E-state index is 10.3. The molecule has 13 rings (SSSR count). The minimum atomic E-state index is -0.469. The van der Waals surface area contributed by atoms with Crippen LogP contribution in [0.2, 0.25) is 0 Å². The van der Waals surface area contributed by atoms with E-state index in [1.54, 1.807) is 0 Å². The Labute approximate surface area is 459 Å². The molecule has 0 radical (unpaired) electrons. The van der Waals surface area contributed by atoms with E-state index in [1.165, 1.54) is 94.8 Å². The van der Waals surface area contributed by atoms with Gasteiger partial charge >= 0.3 is 0 Å². The lowest BCUT2D eigenvalue weighted by atomic mass is 9.33. The van der Waals surface area contributed by atoms with Crippen molar-refractivity contribution >= 4 is 83.6 Å². The number of benzene rings is 6. The van der Waals surface area contributed by atoms with E-state index in [4.69, 9.17) is 0 Å². The Bertz CT molecular complexity index is 3720. The first-order valence-corrected chi connectivity index (χ1v) is 29.5. The molecule has 0 saturated heterocycles. The first kappa shape index (κ1) is 45.9. The van der Waals surface area contributed by atoms with Gasteiger partial charge in [0, 0.05) is 49.5 Å². The van der Waals surface area contributed by atoms with Gasteiger partial charge in [0.2, 0.25) is 0 Å². The van der Waals surface area contributed by atoms with Gasteiger partial charge < -0.3 is 14.7 Å². The molecule has 4 aliphatic heterocycles. The average Bonchev–Trinajstić information content (AvgIpc) is 3.92. The molecule has 2 fully saturated rings. The van der Waals surface area contributed by atoms with Gasteiger partial charge in [-0.05, 0) is 158 Å². The van der Waals surface area contributed by atoms with Gasteiger partial charge in [0.15, 0.2) is 0 Å². The van der Waals surface area contributed by atoms with Crippen LogP contribution in [0.25, 0.3) is 21.2 Å². The smallest absolute Gasteiger partial charge is 0.254 e. The Kier molecular flexibility index (Phi) is 9.61. The van der Waals surface area contributed by atoms with Crippen molar-refractivity contribution in [1.29, 1.82) is 0 Å². The van der Waals surface area contributed by atoms with E-state index < -0.39 is 16.4 Å². The minimum absolute atomic E-state index is 0.0494. The fourth-order valence-electron chi connectivity index (χ4n) is 15.4. The SMILES string of the molecule is [2H]c1c([2H])c(C(C)(C)C)c([2H])c2c1N(c1cc3c4c(c1)N1c5c(cc(C(C)(C)C)cc5C5(C)CCCCC15C)B4c1c(sc4ccc(C(C)(C)C)cc14)N3c1ccc(C(C)(C)C)cc1-c1ccccc1)C1(C)CCCCC21C. The van der Waals surface area contributed by atoms with Crippen molar-refractivity contribution in [2.75, 3.05) is 14.7 Å². The predicted molar refractivity (Wildman–Crippen MR) is 327 cm³/mol. The van der Waals surface area contributed by atoms with Gasteiger partial charge in [0.05, 0.1) is 25.9 Å². The highest BCUT2D eigenvalue weighted by Gasteiger charge is 2.63. The second-order valence-electron chi connectivity index (χ2n) is 29.0. The highest BCUT2D eigenvalue weighted by Crippen LogP contribution is 2.66. The van der Waals surface area contributed by atoms with Gasteiger partial charge in [0.25, 0.3) is 6.71 Å². The van der Waals surface area contributed by atoms with Gasteiger partial charge in [-0.2, -0.15) is 0 Å². The van der Waals surface area contributed by atoms with Crippen LogP contribution in [0.3, 0.4) is 0 Å². The molecule has 2 saturated carbocycles. The van der Waals surface area contributed by atoms with Crippen LogP contribution < -0.4 is 31.1 Å². The van der Waals surface area contributed by atoms with Gasteiger partial charge in [-0.15, -0.1) is 11.3 Å². The topological polar surface area (TPSA) is 9.72 Å². The standard InChI is InChI=1S/C70H82BN3S/c1-63(2,3)44-26-29-54(49(36-44)43-24-18-17-19-25-43)72-56-41-48(73-55-30-27-46(65(7,8)9)38-51(55)67(13)32-20-22-34-69(67,73)15)42-57-60(56)71(59-50-37-45(64(4,5)6)28-31-58(50)75-62(59)72)53-40-47(66(10,11)12)39-52-61(53)74(57)70(16)35-23-21-33-68(52,70)14/h17-19,24-31,36-42H,20-23,32-35H2,1-16H3/i27D,30D,38D. The monoisotopic (exact) mass is 1010 g/mol. The minimum Gasteiger partial charge on any atom is -0.335 e. The molecule has 4 unspecified atom stereocenters. The van der Waals surface area contributed by atoms with Crippen LogP contribution in [0, 0.1) is 0 Å². The molecule has 1 aromatic heterocycles. The van der Waals surface area contributed by atoms with E-state index >= 15 is 0 Å². The molecule has 6 aliphatic rings. The lowest BCUT2D eigenvalue weighted by molar-refractivity contribution is 0.194. The lowest BCUT2D eigenvalue weighted by Gasteiger charge is -2.53. The molecule has 2 aliphatic carbocycles. The normalized spacial score (nSPS) is 25.3. The van der Waals surface area contributed by atoms with E-state index in [1.807, 2.05) is 11.3 Å². The van der Waals surface area contributed by atoms with Crippen molar-refractivity contribution in [1.82, 2.24) is 0 Å². The number of thiophene rings is 1. The average molecular weight is 1010 g/mol. The number of hydrogen-bond acceptors (Lipinski definition) is 4. The Hall–Kier alpha value is -5.26. The van der Waals surface area contributed by atoms with Gasteiger partial charge in [-0.1, -0.05) is 195 Å². The summed E-state index contributed by atoms with van der Waals surface area (Å²) in [5, 5.41) is 2.61. The first-order valence-electron chi connectivity index (χ1n) is 30.1. The van der Waals surface area contributed by atoms with Crippen LogP contribution in [0.15, 0.2) is 109 Å². The van der Waals surface area contributed by atoms with Crippen molar-refractivity contribution in [2.45, 2.75) is 206 Å². The molecule has 7 aromatic rings. The van der Waals surface area contributed by atoms with E-state index in [-0.39, 0.29) is 46.0 Å². The molecule has 4 atom stereocenters. The van der Waals surface area contributed by atoms with Crippen LogP contribution in [-0.4, -0.2) is 17.8 Å². The molecule has 6 aromatic carbocycles. The number of anilines is 7. The van der Waals surface area contributed by atoms with Crippen LogP contribution in [0.5, 0.6) is 0 Å². The summed E-state index contributed by atoms with van der Waals surface area (Å²) < 4.78 is 31.8. The largest absolute Gasteiger partial charge is 0.335 e. The van der Waals surface area contributed by atoms with Crippen LogP contribution in [0.4, 0.5) is 39.1 Å². The summed E-state index contributed by atoms with van der Waals surface area (Å²) in [7, 11) is 0. The molecule has 0 bridgehead atoms. The Morgan fingerprint density at radius 2 is 1.11 bits per heavy atom. The van der Waals surface area contributed by atoms with Crippen molar-refractivity contribution in [2.24, 2.45) is 0 Å². The molecule has 5 heterocycles.